The SMILES string of the molecule is CCOC(=O)c1cccc(N(C)S(=O)(=O)c2ccc(F)cc2)c1. The average Bonchev–Trinajstić information content (AvgIpc) is 2.55. The second-order valence-corrected chi connectivity index (χ2v) is 6.67. The van der Waals surface area contributed by atoms with Crippen molar-refractivity contribution in [3.05, 3.63) is 59.9 Å². The first-order chi connectivity index (χ1) is 10.9. The Labute approximate surface area is 134 Å². The van der Waals surface area contributed by atoms with E-state index in [9.17, 15) is 17.6 Å². The summed E-state index contributed by atoms with van der Waals surface area (Å²) in [6.45, 7) is 1.92. The van der Waals surface area contributed by atoms with Crippen molar-refractivity contribution in [2.24, 2.45) is 0 Å². The minimum absolute atomic E-state index is 0.0389. The number of anilines is 1. The summed E-state index contributed by atoms with van der Waals surface area (Å²) in [7, 11) is -2.48. The number of sulfonamides is 1. The summed E-state index contributed by atoms with van der Waals surface area (Å²) in [5, 5.41) is 0. The molecular formula is C16H16FNO4S. The number of hydrogen-bond acceptors (Lipinski definition) is 4. The largest absolute Gasteiger partial charge is 0.462 e. The molecule has 0 amide bonds. The molecule has 0 saturated carbocycles. The van der Waals surface area contributed by atoms with E-state index >= 15 is 0 Å². The number of benzene rings is 2. The van der Waals surface area contributed by atoms with Gasteiger partial charge in [0.15, 0.2) is 0 Å². The highest BCUT2D eigenvalue weighted by molar-refractivity contribution is 7.92. The van der Waals surface area contributed by atoms with E-state index in [1.807, 2.05) is 0 Å². The van der Waals surface area contributed by atoms with Crippen LogP contribution in [-0.4, -0.2) is 28.0 Å². The number of hydrogen-bond donors (Lipinski definition) is 0. The Morgan fingerprint density at radius 3 is 2.43 bits per heavy atom. The van der Waals surface area contributed by atoms with E-state index in [0.717, 1.165) is 16.4 Å². The van der Waals surface area contributed by atoms with Gasteiger partial charge in [-0.2, -0.15) is 0 Å². The molecule has 0 aromatic heterocycles. The van der Waals surface area contributed by atoms with Gasteiger partial charge in [-0.3, -0.25) is 4.31 Å². The lowest BCUT2D eigenvalue weighted by molar-refractivity contribution is 0.0526. The van der Waals surface area contributed by atoms with Crippen LogP contribution in [0.3, 0.4) is 0 Å². The number of rotatable bonds is 5. The Hall–Kier alpha value is -2.41. The highest BCUT2D eigenvalue weighted by atomic mass is 32.2. The molecule has 0 aliphatic heterocycles. The Balaban J connectivity index is 2.36. The lowest BCUT2D eigenvalue weighted by Gasteiger charge is -2.20. The lowest BCUT2D eigenvalue weighted by Crippen LogP contribution is -2.26. The molecule has 0 spiro atoms. The molecule has 2 aromatic rings. The van der Waals surface area contributed by atoms with Gasteiger partial charge >= 0.3 is 5.97 Å². The zero-order valence-corrected chi connectivity index (χ0v) is 13.5. The molecule has 2 rings (SSSR count). The lowest BCUT2D eigenvalue weighted by atomic mass is 10.2. The summed E-state index contributed by atoms with van der Waals surface area (Å²) in [6.07, 6.45) is 0. The molecule has 5 nitrogen and oxygen atoms in total. The van der Waals surface area contributed by atoms with Gasteiger partial charge < -0.3 is 4.74 Å². The fourth-order valence-corrected chi connectivity index (χ4v) is 3.13. The summed E-state index contributed by atoms with van der Waals surface area (Å²) in [6, 6.07) is 10.6. The number of esters is 1. The summed E-state index contributed by atoms with van der Waals surface area (Å²) < 4.78 is 44.0. The minimum Gasteiger partial charge on any atom is -0.462 e. The molecule has 0 unspecified atom stereocenters. The van der Waals surface area contributed by atoms with Crippen molar-refractivity contribution < 1.29 is 22.3 Å². The Morgan fingerprint density at radius 2 is 1.83 bits per heavy atom. The number of carbonyl (C=O) groups excluding carboxylic acids is 1. The van der Waals surface area contributed by atoms with Gasteiger partial charge in [-0.1, -0.05) is 6.07 Å². The number of halogens is 1. The zero-order valence-electron chi connectivity index (χ0n) is 12.7. The average molecular weight is 337 g/mol. The third kappa shape index (κ3) is 3.68. The molecule has 122 valence electrons. The van der Waals surface area contributed by atoms with E-state index in [-0.39, 0.29) is 17.1 Å². The first-order valence-electron chi connectivity index (χ1n) is 6.88. The van der Waals surface area contributed by atoms with Gasteiger partial charge in [-0.05, 0) is 49.4 Å². The van der Waals surface area contributed by atoms with Gasteiger partial charge in [0.2, 0.25) is 0 Å². The van der Waals surface area contributed by atoms with Gasteiger partial charge in [-0.15, -0.1) is 0 Å². The standard InChI is InChI=1S/C16H16FNO4S/c1-3-22-16(19)12-5-4-6-14(11-12)18(2)23(20,21)15-9-7-13(17)8-10-15/h4-11H,3H2,1-2H3. The second kappa shape index (κ2) is 6.78. The molecule has 0 radical (unpaired) electrons. The monoisotopic (exact) mass is 337 g/mol. The molecule has 0 fully saturated rings. The van der Waals surface area contributed by atoms with E-state index in [4.69, 9.17) is 4.74 Å². The van der Waals surface area contributed by atoms with Gasteiger partial charge in [0, 0.05) is 7.05 Å². The van der Waals surface area contributed by atoms with Crippen molar-refractivity contribution in [1.82, 2.24) is 0 Å². The molecule has 0 saturated heterocycles. The normalized spacial score (nSPS) is 11.1. The Bertz CT molecular complexity index is 803. The topological polar surface area (TPSA) is 63.7 Å². The van der Waals surface area contributed by atoms with Gasteiger partial charge in [0.25, 0.3) is 10.0 Å². The van der Waals surface area contributed by atoms with E-state index in [0.29, 0.717) is 5.69 Å². The highest BCUT2D eigenvalue weighted by Gasteiger charge is 2.22. The Morgan fingerprint density at radius 1 is 1.17 bits per heavy atom. The summed E-state index contributed by atoms with van der Waals surface area (Å²) in [5.74, 6) is -1.04. The Kier molecular flexibility index (Phi) is 5.00. The third-order valence-electron chi connectivity index (χ3n) is 3.19. The molecule has 0 aliphatic rings. The van der Waals surface area contributed by atoms with Crippen LogP contribution >= 0.6 is 0 Å². The number of nitrogens with zero attached hydrogens (tertiary/aromatic N) is 1. The first kappa shape index (κ1) is 17.0. The van der Waals surface area contributed by atoms with Crippen molar-refractivity contribution in [3.8, 4) is 0 Å². The van der Waals surface area contributed by atoms with Crippen LogP contribution in [0.1, 0.15) is 17.3 Å². The van der Waals surface area contributed by atoms with E-state index in [1.165, 1.54) is 25.2 Å². The van der Waals surface area contributed by atoms with E-state index in [1.54, 1.807) is 25.1 Å². The van der Waals surface area contributed by atoms with Crippen molar-refractivity contribution in [2.45, 2.75) is 11.8 Å². The molecular weight excluding hydrogens is 321 g/mol. The molecule has 0 N–H and O–H groups in total. The third-order valence-corrected chi connectivity index (χ3v) is 4.99. The molecule has 0 aliphatic carbocycles. The van der Waals surface area contributed by atoms with Crippen LogP contribution in [0.25, 0.3) is 0 Å². The van der Waals surface area contributed by atoms with Crippen molar-refractivity contribution in [3.63, 3.8) is 0 Å². The van der Waals surface area contributed by atoms with Gasteiger partial charge in [0.05, 0.1) is 22.8 Å². The van der Waals surface area contributed by atoms with Crippen molar-refractivity contribution in [2.75, 3.05) is 18.0 Å². The van der Waals surface area contributed by atoms with E-state index < -0.39 is 21.8 Å². The molecule has 23 heavy (non-hydrogen) atoms. The maximum atomic E-state index is 13.0. The highest BCUT2D eigenvalue weighted by Crippen LogP contribution is 2.23. The summed E-state index contributed by atoms with van der Waals surface area (Å²) in [4.78, 5) is 11.7. The summed E-state index contributed by atoms with van der Waals surface area (Å²) >= 11 is 0. The van der Waals surface area contributed by atoms with Crippen LogP contribution in [0, 0.1) is 5.82 Å². The zero-order chi connectivity index (χ0) is 17.0. The predicted octanol–water partition coefficient (Wildman–Crippen LogP) is 2.83. The van der Waals surface area contributed by atoms with E-state index in [2.05, 4.69) is 0 Å². The maximum Gasteiger partial charge on any atom is 0.338 e. The fourth-order valence-electron chi connectivity index (χ4n) is 1.95. The predicted molar refractivity (Wildman–Crippen MR) is 84.4 cm³/mol. The molecule has 0 atom stereocenters. The molecule has 0 heterocycles. The van der Waals surface area contributed by atoms with Crippen LogP contribution in [0.2, 0.25) is 0 Å². The van der Waals surface area contributed by atoms with Crippen molar-refractivity contribution >= 4 is 21.7 Å². The first-order valence-corrected chi connectivity index (χ1v) is 8.32. The van der Waals surface area contributed by atoms with Crippen LogP contribution in [-0.2, 0) is 14.8 Å². The molecule has 2 aromatic carbocycles. The number of carbonyl (C=O) groups is 1. The van der Waals surface area contributed by atoms with Crippen LogP contribution in [0.5, 0.6) is 0 Å². The van der Waals surface area contributed by atoms with Gasteiger partial charge in [0.1, 0.15) is 5.82 Å². The molecule has 0 bridgehead atoms. The van der Waals surface area contributed by atoms with Crippen LogP contribution < -0.4 is 4.31 Å². The quantitative estimate of drug-likeness (QED) is 0.787. The summed E-state index contributed by atoms with van der Waals surface area (Å²) in [5.41, 5.74) is 0.561. The van der Waals surface area contributed by atoms with Crippen molar-refractivity contribution in [1.29, 1.82) is 0 Å². The smallest absolute Gasteiger partial charge is 0.338 e. The fraction of sp³-hybridized carbons (Fsp3) is 0.188. The molecule has 7 heteroatoms. The van der Waals surface area contributed by atoms with Crippen LogP contribution in [0.4, 0.5) is 10.1 Å². The number of ether oxygens (including phenoxy) is 1. The second-order valence-electron chi connectivity index (χ2n) is 4.70. The maximum absolute atomic E-state index is 13.0. The minimum atomic E-state index is -3.85. The van der Waals surface area contributed by atoms with Crippen LogP contribution in [0.15, 0.2) is 53.4 Å². The van der Waals surface area contributed by atoms with Gasteiger partial charge in [-0.25, -0.2) is 17.6 Å².